The van der Waals surface area contributed by atoms with E-state index in [4.69, 9.17) is 19.3 Å². The number of carbonyl (C=O) groups excluding carboxylic acids is 1. The van der Waals surface area contributed by atoms with E-state index in [0.29, 0.717) is 37.0 Å². The smallest absolute Gasteiger partial charge is 0.275 e. The lowest BCUT2D eigenvalue weighted by molar-refractivity contribution is -0.0374. The molecule has 0 saturated carbocycles. The number of morpholine rings is 1. The summed E-state index contributed by atoms with van der Waals surface area (Å²) in [6.07, 6.45) is 1.84. The molecule has 1 aromatic carbocycles. The topological polar surface area (TPSA) is 83.6 Å². The highest BCUT2D eigenvalue weighted by Crippen LogP contribution is 2.46. The highest BCUT2D eigenvalue weighted by molar-refractivity contribution is 7.08. The molecule has 3 aromatic heterocycles. The number of hydrogen-bond donors (Lipinski definition) is 0. The van der Waals surface area contributed by atoms with Crippen molar-refractivity contribution in [3.8, 4) is 39.7 Å². The number of fused-ring (bicyclic) bond motifs is 3. The van der Waals surface area contributed by atoms with Gasteiger partial charge < -0.3 is 19.1 Å². The summed E-state index contributed by atoms with van der Waals surface area (Å²) >= 11 is 1.59. The van der Waals surface area contributed by atoms with E-state index < -0.39 is 5.54 Å². The van der Waals surface area contributed by atoms with Gasteiger partial charge in [0.2, 0.25) is 0 Å². The predicted molar refractivity (Wildman–Crippen MR) is 141 cm³/mol. The Morgan fingerprint density at radius 3 is 2.73 bits per heavy atom. The van der Waals surface area contributed by atoms with E-state index in [1.54, 1.807) is 18.4 Å². The van der Waals surface area contributed by atoms with Crippen LogP contribution in [0.1, 0.15) is 35.5 Å². The second-order valence-electron chi connectivity index (χ2n) is 10.0. The van der Waals surface area contributed by atoms with Crippen LogP contribution < -0.4 is 9.47 Å². The molecule has 0 N–H and O–H groups in total. The summed E-state index contributed by atoms with van der Waals surface area (Å²) in [5, 5.41) is 13.4. The summed E-state index contributed by atoms with van der Waals surface area (Å²) in [5.41, 5.74) is 6.28. The maximum Gasteiger partial charge on any atom is 0.275 e. The molecule has 0 atom stereocenters. The third kappa shape index (κ3) is 3.74. The van der Waals surface area contributed by atoms with Crippen molar-refractivity contribution in [2.75, 3.05) is 26.9 Å². The van der Waals surface area contributed by atoms with E-state index in [1.807, 2.05) is 71.2 Å². The van der Waals surface area contributed by atoms with Crippen molar-refractivity contribution in [2.45, 2.75) is 32.9 Å². The quantitative estimate of drug-likeness (QED) is 0.396. The van der Waals surface area contributed by atoms with Gasteiger partial charge in [0.15, 0.2) is 5.69 Å². The molecule has 4 aromatic rings. The summed E-state index contributed by atoms with van der Waals surface area (Å²) in [5.74, 6) is 1.28. The predicted octanol–water partition coefficient (Wildman–Crippen LogP) is 4.46. The molecule has 37 heavy (non-hydrogen) atoms. The standard InChI is InChI=1S/C27H29N5O4S/c1-16-12-28-30(4)24(16)18-10-19-22(11-21(18)34-5)36-13-20-23(26(33)31-7-8-35-15-27(31,2)3)29-32(25(19)20)17-6-9-37-14-17/h6,9-12,14H,7-8,13,15H2,1-5H3. The van der Waals surface area contributed by atoms with Gasteiger partial charge in [-0.15, -0.1) is 0 Å². The number of nitrogens with zero attached hydrogens (tertiary/aromatic N) is 5. The SMILES string of the molecule is COc1cc2c(cc1-c1c(C)cnn1C)-c1c(c(C(=O)N3CCOCC3(C)C)nn1-c1ccsc1)CO2. The summed E-state index contributed by atoms with van der Waals surface area (Å²) in [4.78, 5) is 15.8. The number of carbonyl (C=O) groups is 1. The van der Waals surface area contributed by atoms with Crippen LogP contribution in [0, 0.1) is 6.92 Å². The maximum absolute atomic E-state index is 13.9. The van der Waals surface area contributed by atoms with Crippen molar-refractivity contribution in [1.82, 2.24) is 24.5 Å². The molecule has 0 bridgehead atoms. The number of benzene rings is 1. The second kappa shape index (κ2) is 8.74. The van der Waals surface area contributed by atoms with E-state index in [0.717, 1.165) is 39.3 Å². The van der Waals surface area contributed by atoms with Crippen LogP contribution in [0.5, 0.6) is 11.5 Å². The highest BCUT2D eigenvalue weighted by Gasteiger charge is 2.39. The monoisotopic (exact) mass is 519 g/mol. The van der Waals surface area contributed by atoms with Gasteiger partial charge in [-0.1, -0.05) is 0 Å². The van der Waals surface area contributed by atoms with Crippen LogP contribution in [-0.2, 0) is 18.4 Å². The largest absolute Gasteiger partial charge is 0.496 e. The lowest BCUT2D eigenvalue weighted by Crippen LogP contribution is -2.55. The lowest BCUT2D eigenvalue weighted by atomic mass is 9.96. The zero-order valence-corrected chi connectivity index (χ0v) is 22.4. The summed E-state index contributed by atoms with van der Waals surface area (Å²) < 4.78 is 21.4. The van der Waals surface area contributed by atoms with Crippen LogP contribution in [0.2, 0.25) is 0 Å². The third-order valence-corrected chi connectivity index (χ3v) is 7.80. The average molecular weight is 520 g/mol. The summed E-state index contributed by atoms with van der Waals surface area (Å²) in [6, 6.07) is 5.99. The van der Waals surface area contributed by atoms with Crippen molar-refractivity contribution < 1.29 is 19.0 Å². The van der Waals surface area contributed by atoms with Gasteiger partial charge in [-0.3, -0.25) is 9.48 Å². The van der Waals surface area contributed by atoms with Gasteiger partial charge in [-0.05, 0) is 43.8 Å². The molecule has 1 amide bonds. The average Bonchev–Trinajstić information content (AvgIpc) is 3.61. The van der Waals surface area contributed by atoms with E-state index in [2.05, 4.69) is 11.2 Å². The van der Waals surface area contributed by atoms with Crippen LogP contribution in [0.3, 0.4) is 0 Å². The van der Waals surface area contributed by atoms with Crippen molar-refractivity contribution >= 4 is 17.2 Å². The van der Waals surface area contributed by atoms with Gasteiger partial charge in [-0.2, -0.15) is 21.5 Å². The molecular formula is C27H29N5O4S. The van der Waals surface area contributed by atoms with Crippen molar-refractivity contribution in [1.29, 1.82) is 0 Å². The first-order valence-electron chi connectivity index (χ1n) is 12.2. The fourth-order valence-corrected chi connectivity index (χ4v) is 5.88. The molecule has 0 aliphatic carbocycles. The van der Waals surface area contributed by atoms with Crippen LogP contribution in [0.4, 0.5) is 0 Å². The molecule has 0 spiro atoms. The molecule has 2 aliphatic rings. The summed E-state index contributed by atoms with van der Waals surface area (Å²) in [7, 11) is 3.57. The molecule has 2 aliphatic heterocycles. The Labute approximate surface area is 219 Å². The normalized spacial score (nSPS) is 16.2. The molecule has 10 heteroatoms. The van der Waals surface area contributed by atoms with Crippen molar-refractivity contribution in [3.63, 3.8) is 0 Å². The summed E-state index contributed by atoms with van der Waals surface area (Å²) in [6.45, 7) is 7.82. The van der Waals surface area contributed by atoms with Gasteiger partial charge in [0.05, 0.1) is 49.1 Å². The third-order valence-electron chi connectivity index (χ3n) is 7.13. The Bertz CT molecular complexity index is 1480. The van der Waals surface area contributed by atoms with Crippen LogP contribution in [0.25, 0.3) is 28.2 Å². The fourth-order valence-electron chi connectivity index (χ4n) is 5.27. The molecule has 5 heterocycles. The minimum absolute atomic E-state index is 0.109. The Hall–Kier alpha value is -3.63. The molecule has 192 valence electrons. The molecule has 9 nitrogen and oxygen atoms in total. The minimum Gasteiger partial charge on any atom is -0.496 e. The fraction of sp³-hybridized carbons (Fsp3) is 0.370. The number of amides is 1. The van der Waals surface area contributed by atoms with Crippen LogP contribution >= 0.6 is 11.3 Å². The van der Waals surface area contributed by atoms with E-state index in [-0.39, 0.29) is 12.5 Å². The zero-order valence-electron chi connectivity index (χ0n) is 21.6. The lowest BCUT2D eigenvalue weighted by Gasteiger charge is -2.41. The number of aryl methyl sites for hydroxylation is 2. The molecule has 6 rings (SSSR count). The second-order valence-corrected chi connectivity index (χ2v) is 10.8. The molecule has 1 fully saturated rings. The van der Waals surface area contributed by atoms with Gasteiger partial charge in [0.1, 0.15) is 18.1 Å². The Balaban J connectivity index is 1.57. The zero-order chi connectivity index (χ0) is 25.9. The first kappa shape index (κ1) is 23.7. The highest BCUT2D eigenvalue weighted by atomic mass is 32.1. The minimum atomic E-state index is -0.431. The molecule has 0 unspecified atom stereocenters. The van der Waals surface area contributed by atoms with Crippen LogP contribution in [-0.4, -0.2) is 62.8 Å². The maximum atomic E-state index is 13.9. The number of rotatable bonds is 4. The number of thiophene rings is 1. The first-order valence-corrected chi connectivity index (χ1v) is 13.1. The van der Waals surface area contributed by atoms with E-state index in [9.17, 15) is 4.79 Å². The molecule has 0 radical (unpaired) electrons. The van der Waals surface area contributed by atoms with Crippen molar-refractivity contribution in [2.24, 2.45) is 7.05 Å². The van der Waals surface area contributed by atoms with Crippen molar-refractivity contribution in [3.05, 3.63) is 52.0 Å². The number of ether oxygens (including phenoxy) is 3. The molecule has 1 saturated heterocycles. The van der Waals surface area contributed by atoms with Gasteiger partial charge in [0.25, 0.3) is 5.91 Å². The van der Waals surface area contributed by atoms with E-state index >= 15 is 0 Å². The molecular weight excluding hydrogens is 490 g/mol. The number of aromatic nitrogens is 4. The van der Waals surface area contributed by atoms with E-state index in [1.165, 1.54) is 0 Å². The van der Waals surface area contributed by atoms with Gasteiger partial charge >= 0.3 is 0 Å². The number of methoxy groups -OCH3 is 1. The van der Waals surface area contributed by atoms with Gasteiger partial charge in [-0.25, -0.2) is 4.68 Å². The number of hydrogen-bond acceptors (Lipinski definition) is 7. The Morgan fingerprint density at radius 1 is 1.22 bits per heavy atom. The van der Waals surface area contributed by atoms with Crippen LogP contribution in [0.15, 0.2) is 35.2 Å². The Kier molecular flexibility index (Phi) is 5.61. The Morgan fingerprint density at radius 2 is 2.05 bits per heavy atom. The first-order chi connectivity index (χ1) is 17.8. The van der Waals surface area contributed by atoms with Gasteiger partial charge in [0, 0.05) is 41.7 Å².